The minimum absolute atomic E-state index is 0.0458. The minimum atomic E-state index is -0.985. The first-order valence-corrected chi connectivity index (χ1v) is 6.24. The molecule has 0 aromatic rings. The summed E-state index contributed by atoms with van der Waals surface area (Å²) in [6, 6.07) is -0.803. The molecule has 4 nitrogen and oxygen atoms in total. The predicted molar refractivity (Wildman–Crippen MR) is 65.5 cm³/mol. The number of carboxylic acid groups (broad SMARTS) is 1. The van der Waals surface area contributed by atoms with Crippen LogP contribution in [0.5, 0.6) is 0 Å². The highest BCUT2D eigenvalue weighted by Gasteiger charge is 2.36. The zero-order valence-corrected chi connectivity index (χ0v) is 11.1. The van der Waals surface area contributed by atoms with Gasteiger partial charge in [0, 0.05) is 5.92 Å². The Labute approximate surface area is 103 Å². The molecule has 3 unspecified atom stereocenters. The number of hydrogen-bond acceptors (Lipinski definition) is 2. The van der Waals surface area contributed by atoms with E-state index in [1.54, 1.807) is 0 Å². The standard InChI is InChI=1S/C13H23NO3/c1-8-5-10(7-13(3,4)6-8)11(15)14-9(2)12(16)17/h8-10H,5-7H2,1-4H3,(H,14,15)(H,16,17). The van der Waals surface area contributed by atoms with Crippen LogP contribution in [0.25, 0.3) is 0 Å². The maximum atomic E-state index is 12.0. The van der Waals surface area contributed by atoms with Crippen LogP contribution in [0.1, 0.15) is 47.0 Å². The highest BCUT2D eigenvalue weighted by Crippen LogP contribution is 2.41. The lowest BCUT2D eigenvalue weighted by atomic mass is 9.68. The van der Waals surface area contributed by atoms with Crippen molar-refractivity contribution in [3.63, 3.8) is 0 Å². The van der Waals surface area contributed by atoms with E-state index in [0.29, 0.717) is 5.92 Å². The molecule has 3 atom stereocenters. The first kappa shape index (κ1) is 14.0. The van der Waals surface area contributed by atoms with Crippen LogP contribution in [0.3, 0.4) is 0 Å². The molecule has 1 fully saturated rings. The molecule has 0 aromatic heterocycles. The summed E-state index contributed by atoms with van der Waals surface area (Å²) in [5.74, 6) is -0.619. The van der Waals surface area contributed by atoms with Gasteiger partial charge in [0.1, 0.15) is 6.04 Å². The molecule has 0 saturated heterocycles. The van der Waals surface area contributed by atoms with Crippen LogP contribution in [-0.2, 0) is 9.59 Å². The van der Waals surface area contributed by atoms with Crippen molar-refractivity contribution in [2.45, 2.75) is 53.0 Å². The Morgan fingerprint density at radius 1 is 1.35 bits per heavy atom. The van der Waals surface area contributed by atoms with E-state index < -0.39 is 12.0 Å². The molecule has 0 aliphatic heterocycles. The van der Waals surface area contributed by atoms with Gasteiger partial charge in [-0.3, -0.25) is 9.59 Å². The van der Waals surface area contributed by atoms with Gasteiger partial charge in [-0.2, -0.15) is 0 Å². The Balaban J connectivity index is 2.60. The fraction of sp³-hybridized carbons (Fsp3) is 0.846. The number of nitrogens with one attached hydrogen (secondary N) is 1. The number of rotatable bonds is 3. The second kappa shape index (κ2) is 5.07. The van der Waals surface area contributed by atoms with E-state index >= 15 is 0 Å². The van der Waals surface area contributed by atoms with Gasteiger partial charge in [0.05, 0.1) is 0 Å². The van der Waals surface area contributed by atoms with Crippen molar-refractivity contribution in [2.75, 3.05) is 0 Å². The Kier molecular flexibility index (Phi) is 4.17. The minimum Gasteiger partial charge on any atom is -0.480 e. The summed E-state index contributed by atoms with van der Waals surface area (Å²) >= 11 is 0. The maximum Gasteiger partial charge on any atom is 0.325 e. The normalized spacial score (nSPS) is 29.4. The van der Waals surface area contributed by atoms with Crippen LogP contribution in [0.4, 0.5) is 0 Å². The number of aliphatic carboxylic acids is 1. The Morgan fingerprint density at radius 3 is 2.41 bits per heavy atom. The number of carbonyl (C=O) groups excluding carboxylic acids is 1. The van der Waals surface area contributed by atoms with Gasteiger partial charge in [0.25, 0.3) is 0 Å². The van der Waals surface area contributed by atoms with Gasteiger partial charge in [-0.1, -0.05) is 20.8 Å². The van der Waals surface area contributed by atoms with Crippen molar-refractivity contribution in [3.05, 3.63) is 0 Å². The zero-order valence-electron chi connectivity index (χ0n) is 11.1. The molecule has 17 heavy (non-hydrogen) atoms. The second-order valence-corrected chi connectivity index (χ2v) is 6.18. The third-order valence-corrected chi connectivity index (χ3v) is 3.49. The SMILES string of the molecule is CC1CC(C(=O)NC(C)C(=O)O)CC(C)(C)C1. The summed E-state index contributed by atoms with van der Waals surface area (Å²) in [5, 5.41) is 11.3. The molecule has 1 aliphatic rings. The first-order chi connectivity index (χ1) is 7.71. The fourth-order valence-electron chi connectivity index (χ4n) is 2.94. The van der Waals surface area contributed by atoms with E-state index in [-0.39, 0.29) is 17.2 Å². The van der Waals surface area contributed by atoms with Gasteiger partial charge in [0.15, 0.2) is 0 Å². The van der Waals surface area contributed by atoms with Crippen LogP contribution in [0.2, 0.25) is 0 Å². The average molecular weight is 241 g/mol. The lowest BCUT2D eigenvalue weighted by Gasteiger charge is -2.38. The van der Waals surface area contributed by atoms with Crippen molar-refractivity contribution < 1.29 is 14.7 Å². The van der Waals surface area contributed by atoms with E-state index in [2.05, 4.69) is 26.1 Å². The van der Waals surface area contributed by atoms with Gasteiger partial charge in [-0.25, -0.2) is 0 Å². The smallest absolute Gasteiger partial charge is 0.325 e. The molecule has 0 heterocycles. The van der Waals surface area contributed by atoms with E-state index in [0.717, 1.165) is 19.3 Å². The molecule has 1 amide bonds. The van der Waals surface area contributed by atoms with Gasteiger partial charge in [-0.05, 0) is 37.5 Å². The summed E-state index contributed by atoms with van der Waals surface area (Å²) in [5.41, 5.74) is 0.173. The summed E-state index contributed by atoms with van der Waals surface area (Å²) in [4.78, 5) is 22.7. The molecular weight excluding hydrogens is 218 g/mol. The van der Waals surface area contributed by atoms with Crippen molar-refractivity contribution in [2.24, 2.45) is 17.3 Å². The zero-order chi connectivity index (χ0) is 13.2. The van der Waals surface area contributed by atoms with Gasteiger partial charge in [0.2, 0.25) is 5.91 Å². The lowest BCUT2D eigenvalue weighted by Crippen LogP contribution is -2.44. The Hall–Kier alpha value is -1.06. The molecule has 98 valence electrons. The topological polar surface area (TPSA) is 66.4 Å². The third-order valence-electron chi connectivity index (χ3n) is 3.49. The van der Waals surface area contributed by atoms with Gasteiger partial charge < -0.3 is 10.4 Å². The summed E-state index contributed by atoms with van der Waals surface area (Å²) < 4.78 is 0. The molecule has 0 radical (unpaired) electrons. The van der Waals surface area contributed by atoms with Crippen molar-refractivity contribution >= 4 is 11.9 Å². The van der Waals surface area contributed by atoms with E-state index in [4.69, 9.17) is 5.11 Å². The van der Waals surface area contributed by atoms with Gasteiger partial charge in [-0.15, -0.1) is 0 Å². The second-order valence-electron chi connectivity index (χ2n) is 6.18. The lowest BCUT2D eigenvalue weighted by molar-refractivity contribution is -0.142. The molecule has 1 saturated carbocycles. The number of amides is 1. The van der Waals surface area contributed by atoms with Crippen LogP contribution in [-0.4, -0.2) is 23.0 Å². The van der Waals surface area contributed by atoms with Crippen LogP contribution in [0, 0.1) is 17.3 Å². The summed E-state index contributed by atoms with van der Waals surface area (Å²) in [7, 11) is 0. The summed E-state index contributed by atoms with van der Waals surface area (Å²) in [6.07, 6.45) is 2.84. The number of carbonyl (C=O) groups is 2. The first-order valence-electron chi connectivity index (χ1n) is 6.24. The highest BCUT2D eigenvalue weighted by molar-refractivity contribution is 5.84. The monoisotopic (exact) mass is 241 g/mol. The number of hydrogen-bond donors (Lipinski definition) is 2. The molecule has 4 heteroatoms. The molecule has 1 rings (SSSR count). The fourth-order valence-corrected chi connectivity index (χ4v) is 2.94. The predicted octanol–water partition coefficient (Wildman–Crippen LogP) is 2.04. The highest BCUT2D eigenvalue weighted by atomic mass is 16.4. The van der Waals surface area contributed by atoms with Crippen LogP contribution in [0.15, 0.2) is 0 Å². The van der Waals surface area contributed by atoms with Crippen LogP contribution >= 0.6 is 0 Å². The largest absolute Gasteiger partial charge is 0.480 e. The average Bonchev–Trinajstić information content (AvgIpc) is 2.13. The third kappa shape index (κ3) is 4.02. The molecule has 0 spiro atoms. The molecule has 0 bridgehead atoms. The Morgan fingerprint density at radius 2 is 1.94 bits per heavy atom. The number of carboxylic acids is 1. The van der Waals surface area contributed by atoms with E-state index in [1.165, 1.54) is 6.92 Å². The van der Waals surface area contributed by atoms with E-state index in [1.807, 2.05) is 0 Å². The Bertz CT molecular complexity index is 312. The van der Waals surface area contributed by atoms with E-state index in [9.17, 15) is 9.59 Å². The van der Waals surface area contributed by atoms with Crippen molar-refractivity contribution in [1.29, 1.82) is 0 Å². The maximum absolute atomic E-state index is 12.0. The van der Waals surface area contributed by atoms with Crippen molar-refractivity contribution in [3.8, 4) is 0 Å². The van der Waals surface area contributed by atoms with Crippen molar-refractivity contribution in [1.82, 2.24) is 5.32 Å². The molecule has 2 N–H and O–H groups in total. The van der Waals surface area contributed by atoms with Gasteiger partial charge >= 0.3 is 5.97 Å². The summed E-state index contributed by atoms with van der Waals surface area (Å²) in [6.45, 7) is 7.99. The quantitative estimate of drug-likeness (QED) is 0.794. The molecular formula is C13H23NO3. The molecule has 0 aromatic carbocycles. The molecule has 1 aliphatic carbocycles. The van der Waals surface area contributed by atoms with Crippen LogP contribution < -0.4 is 5.32 Å².